The molecular formula is C8H9F3N2O3. The number of nitrogens with one attached hydrogen (secondary N) is 1. The van der Waals surface area contributed by atoms with Crippen LogP contribution in [0.1, 0.15) is 11.1 Å². The van der Waals surface area contributed by atoms with Gasteiger partial charge in [-0.05, 0) is 5.56 Å². The summed E-state index contributed by atoms with van der Waals surface area (Å²) in [6, 6.07) is 0.931. The van der Waals surface area contributed by atoms with Crippen molar-refractivity contribution in [3.05, 3.63) is 27.5 Å². The first kappa shape index (κ1) is 12.5. The Morgan fingerprint density at radius 3 is 2.56 bits per heavy atom. The molecule has 1 aromatic heterocycles. The molecule has 0 aliphatic heterocycles. The number of hydrogen-bond donors (Lipinski definition) is 3. The quantitative estimate of drug-likeness (QED) is 0.703. The molecular weight excluding hydrogens is 229 g/mol. The van der Waals surface area contributed by atoms with Crippen LogP contribution in [-0.2, 0) is 13.2 Å². The zero-order valence-corrected chi connectivity index (χ0v) is 7.97. The Balaban J connectivity index is 3.16. The average Bonchev–Trinajstić information content (AvgIpc) is 2.14. The van der Waals surface area contributed by atoms with Gasteiger partial charge in [-0.15, -0.1) is 13.2 Å². The van der Waals surface area contributed by atoms with E-state index < -0.39 is 24.4 Å². The van der Waals surface area contributed by atoms with Crippen molar-refractivity contribution in [2.45, 2.75) is 19.5 Å². The fourth-order valence-corrected chi connectivity index (χ4v) is 1.15. The number of H-pyrrole nitrogens is 1. The van der Waals surface area contributed by atoms with Crippen molar-refractivity contribution < 1.29 is 23.0 Å². The molecule has 16 heavy (non-hydrogen) atoms. The summed E-state index contributed by atoms with van der Waals surface area (Å²) in [7, 11) is 0. The van der Waals surface area contributed by atoms with Crippen molar-refractivity contribution in [3.63, 3.8) is 0 Å². The molecule has 0 spiro atoms. The van der Waals surface area contributed by atoms with Gasteiger partial charge in [-0.2, -0.15) is 0 Å². The van der Waals surface area contributed by atoms with Crippen LogP contribution in [0.15, 0.2) is 10.9 Å². The molecule has 8 heteroatoms. The predicted molar refractivity (Wildman–Crippen MR) is 47.6 cm³/mol. The number of hydrogen-bond acceptors (Lipinski definition) is 4. The van der Waals surface area contributed by atoms with Crippen LogP contribution in [-0.4, -0.2) is 16.5 Å². The number of aliphatic hydroxyl groups excluding tert-OH is 1. The maximum Gasteiger partial charge on any atom is 0.574 e. The second-order valence-corrected chi connectivity index (χ2v) is 2.88. The maximum absolute atomic E-state index is 11.9. The van der Waals surface area contributed by atoms with E-state index >= 15 is 0 Å². The Morgan fingerprint density at radius 1 is 1.50 bits per heavy atom. The molecule has 0 bridgehead atoms. The van der Waals surface area contributed by atoms with Crippen LogP contribution in [0.3, 0.4) is 0 Å². The van der Waals surface area contributed by atoms with Crippen molar-refractivity contribution in [2.75, 3.05) is 0 Å². The Kier molecular flexibility index (Phi) is 3.55. The van der Waals surface area contributed by atoms with Gasteiger partial charge in [0.15, 0.2) is 0 Å². The van der Waals surface area contributed by atoms with Crippen molar-refractivity contribution >= 4 is 0 Å². The normalized spacial score (nSPS) is 11.6. The van der Waals surface area contributed by atoms with E-state index in [4.69, 9.17) is 10.8 Å². The molecule has 0 atom stereocenters. The molecule has 90 valence electrons. The van der Waals surface area contributed by atoms with Gasteiger partial charge < -0.3 is 15.6 Å². The molecule has 0 fully saturated rings. The van der Waals surface area contributed by atoms with Crippen LogP contribution < -0.4 is 16.0 Å². The first-order valence-corrected chi connectivity index (χ1v) is 4.19. The number of nitrogens with two attached hydrogens (primary N) is 1. The molecule has 0 saturated carbocycles. The van der Waals surface area contributed by atoms with Crippen LogP contribution in [0.4, 0.5) is 13.2 Å². The molecule has 5 nitrogen and oxygen atoms in total. The number of alkyl halides is 3. The Hall–Kier alpha value is -1.54. The van der Waals surface area contributed by atoms with E-state index in [1.54, 1.807) is 0 Å². The molecule has 4 N–H and O–H groups in total. The SMILES string of the molecule is NCc1cc(OC(F)(F)F)[nH]c(=O)c1CO. The van der Waals surface area contributed by atoms with Gasteiger partial charge in [0.1, 0.15) is 0 Å². The van der Waals surface area contributed by atoms with Crippen molar-refractivity contribution in [1.29, 1.82) is 0 Å². The molecule has 1 aromatic rings. The molecule has 0 aliphatic rings. The summed E-state index contributed by atoms with van der Waals surface area (Å²) < 4.78 is 39.1. The largest absolute Gasteiger partial charge is 0.574 e. The highest BCUT2D eigenvalue weighted by Gasteiger charge is 2.31. The van der Waals surface area contributed by atoms with Gasteiger partial charge in [0.2, 0.25) is 5.88 Å². The number of rotatable bonds is 3. The summed E-state index contributed by atoms with van der Waals surface area (Å²) in [6.45, 7) is -0.776. The number of halogens is 3. The number of aromatic nitrogens is 1. The lowest BCUT2D eigenvalue weighted by atomic mass is 10.1. The standard InChI is InChI=1S/C8H9F3N2O3/c9-8(10,11)16-6-1-4(2-12)5(3-14)7(15)13-6/h1,14H,2-3,12H2,(H,13,15). The summed E-state index contributed by atoms with van der Waals surface area (Å²) in [5.41, 5.74) is 4.40. The molecule has 1 heterocycles. The summed E-state index contributed by atoms with van der Waals surface area (Å²) in [6.07, 6.45) is -4.89. The van der Waals surface area contributed by atoms with Gasteiger partial charge in [-0.25, -0.2) is 0 Å². The number of aliphatic hydroxyl groups is 1. The van der Waals surface area contributed by atoms with Gasteiger partial charge in [0.05, 0.1) is 6.61 Å². The van der Waals surface area contributed by atoms with E-state index in [0.717, 1.165) is 6.07 Å². The van der Waals surface area contributed by atoms with Crippen LogP contribution in [0.25, 0.3) is 0 Å². The van der Waals surface area contributed by atoms with Crippen LogP contribution in [0.5, 0.6) is 5.88 Å². The second kappa shape index (κ2) is 4.54. The Labute approximate surface area is 87.7 Å². The molecule has 0 unspecified atom stereocenters. The summed E-state index contributed by atoms with van der Waals surface area (Å²) in [5, 5.41) is 8.82. The van der Waals surface area contributed by atoms with Gasteiger partial charge in [0.25, 0.3) is 5.56 Å². The third-order valence-corrected chi connectivity index (χ3v) is 1.81. The van der Waals surface area contributed by atoms with Gasteiger partial charge in [-0.3, -0.25) is 9.78 Å². The molecule has 0 aliphatic carbocycles. The van der Waals surface area contributed by atoms with E-state index in [-0.39, 0.29) is 17.7 Å². The molecule has 0 radical (unpaired) electrons. The Bertz CT molecular complexity index is 428. The average molecular weight is 238 g/mol. The van der Waals surface area contributed by atoms with Crippen molar-refractivity contribution in [1.82, 2.24) is 4.98 Å². The van der Waals surface area contributed by atoms with E-state index in [1.165, 1.54) is 0 Å². The van der Waals surface area contributed by atoms with Crippen LogP contribution in [0.2, 0.25) is 0 Å². The lowest BCUT2D eigenvalue weighted by molar-refractivity contribution is -0.276. The highest BCUT2D eigenvalue weighted by atomic mass is 19.4. The predicted octanol–water partition coefficient (Wildman–Crippen LogP) is 0.225. The summed E-state index contributed by atoms with van der Waals surface area (Å²) >= 11 is 0. The fraction of sp³-hybridized carbons (Fsp3) is 0.375. The number of aromatic amines is 1. The molecule has 0 aromatic carbocycles. The van der Waals surface area contributed by atoms with E-state index in [1.807, 2.05) is 4.98 Å². The highest BCUT2D eigenvalue weighted by Crippen LogP contribution is 2.21. The van der Waals surface area contributed by atoms with Crippen LogP contribution >= 0.6 is 0 Å². The number of ether oxygens (including phenoxy) is 1. The second-order valence-electron chi connectivity index (χ2n) is 2.88. The van der Waals surface area contributed by atoms with Crippen LogP contribution in [0, 0.1) is 0 Å². The third-order valence-electron chi connectivity index (χ3n) is 1.81. The van der Waals surface area contributed by atoms with Crippen molar-refractivity contribution in [3.8, 4) is 5.88 Å². The van der Waals surface area contributed by atoms with E-state index in [0.29, 0.717) is 0 Å². The first-order valence-electron chi connectivity index (χ1n) is 4.19. The minimum absolute atomic E-state index is 0.0722. The summed E-state index contributed by atoms with van der Waals surface area (Å²) in [4.78, 5) is 13.1. The van der Waals surface area contributed by atoms with E-state index in [9.17, 15) is 18.0 Å². The zero-order valence-electron chi connectivity index (χ0n) is 7.97. The zero-order chi connectivity index (χ0) is 12.3. The minimum atomic E-state index is -4.89. The molecule has 1 rings (SSSR count). The smallest absolute Gasteiger partial charge is 0.391 e. The lowest BCUT2D eigenvalue weighted by Crippen LogP contribution is -2.23. The van der Waals surface area contributed by atoms with E-state index in [2.05, 4.69) is 4.74 Å². The monoisotopic (exact) mass is 238 g/mol. The fourth-order valence-electron chi connectivity index (χ4n) is 1.15. The first-order chi connectivity index (χ1) is 7.37. The topological polar surface area (TPSA) is 88.3 Å². The molecule has 0 saturated heterocycles. The van der Waals surface area contributed by atoms with Crippen molar-refractivity contribution in [2.24, 2.45) is 5.73 Å². The number of pyridine rings is 1. The van der Waals surface area contributed by atoms with Gasteiger partial charge in [-0.1, -0.05) is 0 Å². The minimum Gasteiger partial charge on any atom is -0.391 e. The van der Waals surface area contributed by atoms with Gasteiger partial charge >= 0.3 is 6.36 Å². The highest BCUT2D eigenvalue weighted by molar-refractivity contribution is 5.29. The third kappa shape index (κ3) is 2.97. The van der Waals surface area contributed by atoms with Gasteiger partial charge in [0, 0.05) is 18.2 Å². The molecule has 0 amide bonds. The summed E-state index contributed by atoms with van der Waals surface area (Å²) in [5.74, 6) is -0.754. The Morgan fingerprint density at radius 2 is 2.12 bits per heavy atom. The lowest BCUT2D eigenvalue weighted by Gasteiger charge is -2.11. The maximum atomic E-state index is 11.9.